The highest BCUT2D eigenvalue weighted by Gasteiger charge is 2.21. The Labute approximate surface area is 140 Å². The first kappa shape index (κ1) is 17.4. The Morgan fingerprint density at radius 2 is 1.88 bits per heavy atom. The van der Waals surface area contributed by atoms with Gasteiger partial charge in [-0.3, -0.25) is 9.78 Å². The highest BCUT2D eigenvalue weighted by atomic mass is 16.5. The number of hydrogen-bond acceptors (Lipinski definition) is 5. The number of nitrogens with zero attached hydrogens (tertiary/aromatic N) is 1. The van der Waals surface area contributed by atoms with E-state index >= 15 is 0 Å². The first-order valence-corrected chi connectivity index (χ1v) is 7.54. The van der Waals surface area contributed by atoms with Crippen LogP contribution in [0.2, 0.25) is 0 Å². The third kappa shape index (κ3) is 4.29. The molecule has 0 fully saturated rings. The monoisotopic (exact) mass is 325 g/mol. The Hall–Kier alpha value is -2.95. The van der Waals surface area contributed by atoms with Gasteiger partial charge in [-0.15, -0.1) is 0 Å². The van der Waals surface area contributed by atoms with Crippen LogP contribution in [0, 0.1) is 6.92 Å². The molecule has 0 aliphatic heterocycles. The van der Waals surface area contributed by atoms with Crippen LogP contribution in [0.25, 0.3) is 6.08 Å². The summed E-state index contributed by atoms with van der Waals surface area (Å²) in [4.78, 5) is 29.0. The molecule has 1 heterocycles. The van der Waals surface area contributed by atoms with Crippen molar-refractivity contribution in [1.82, 2.24) is 4.98 Å². The number of benzene rings is 1. The molecule has 0 N–H and O–H groups in total. The lowest BCUT2D eigenvalue weighted by Gasteiger charge is -2.08. The molecule has 24 heavy (non-hydrogen) atoms. The molecule has 1 aromatic heterocycles. The molecule has 0 amide bonds. The Kier molecular flexibility index (Phi) is 5.84. The third-order valence-corrected chi connectivity index (χ3v) is 3.30. The number of ether oxygens (including phenoxy) is 2. The van der Waals surface area contributed by atoms with Crippen LogP contribution >= 0.6 is 0 Å². The van der Waals surface area contributed by atoms with Crippen LogP contribution in [0.5, 0.6) is 5.75 Å². The maximum absolute atomic E-state index is 12.7. The number of methoxy groups -OCH3 is 1. The molecule has 0 aliphatic carbocycles. The largest absolute Gasteiger partial charge is 0.497 e. The second-order valence-electron chi connectivity index (χ2n) is 5.13. The Morgan fingerprint density at radius 3 is 2.46 bits per heavy atom. The van der Waals surface area contributed by atoms with Gasteiger partial charge in [0.2, 0.25) is 0 Å². The van der Waals surface area contributed by atoms with E-state index in [1.165, 1.54) is 6.08 Å². The van der Waals surface area contributed by atoms with E-state index in [1.807, 2.05) is 13.0 Å². The summed E-state index contributed by atoms with van der Waals surface area (Å²) in [6.07, 6.45) is 4.80. The van der Waals surface area contributed by atoms with Gasteiger partial charge in [-0.25, -0.2) is 4.79 Å². The average molecular weight is 325 g/mol. The Morgan fingerprint density at radius 1 is 1.17 bits per heavy atom. The fourth-order valence-electron chi connectivity index (χ4n) is 2.15. The smallest absolute Gasteiger partial charge is 0.342 e. The minimum Gasteiger partial charge on any atom is -0.497 e. The Bertz CT molecular complexity index is 763. The highest BCUT2D eigenvalue weighted by molar-refractivity contribution is 6.26. The molecule has 2 aromatic rings. The van der Waals surface area contributed by atoms with Gasteiger partial charge in [-0.05, 0) is 61.4 Å². The van der Waals surface area contributed by atoms with E-state index in [1.54, 1.807) is 50.7 Å². The van der Waals surface area contributed by atoms with Gasteiger partial charge in [-0.2, -0.15) is 0 Å². The quantitative estimate of drug-likeness (QED) is 0.268. The first-order chi connectivity index (χ1) is 11.5. The van der Waals surface area contributed by atoms with Crippen molar-refractivity contribution in [3.63, 3.8) is 0 Å². The number of Topliss-reactive ketones (excluding diaryl/α,β-unsaturated/α-hetero) is 1. The highest BCUT2D eigenvalue weighted by Crippen LogP contribution is 2.18. The summed E-state index contributed by atoms with van der Waals surface area (Å²) in [7, 11) is 1.55. The number of hydrogen-bond donors (Lipinski definition) is 0. The zero-order valence-electron chi connectivity index (χ0n) is 13.9. The van der Waals surface area contributed by atoms with Crippen LogP contribution in [-0.2, 0) is 9.53 Å². The number of aryl methyl sites for hydroxylation is 1. The maximum Gasteiger partial charge on any atom is 0.342 e. The lowest BCUT2D eigenvalue weighted by molar-refractivity contribution is -0.137. The van der Waals surface area contributed by atoms with Crippen molar-refractivity contribution >= 4 is 17.8 Å². The summed E-state index contributed by atoms with van der Waals surface area (Å²) in [6.45, 7) is 3.78. The van der Waals surface area contributed by atoms with E-state index in [0.29, 0.717) is 16.9 Å². The minimum absolute atomic E-state index is 0.0329. The molecule has 0 saturated heterocycles. The van der Waals surface area contributed by atoms with E-state index in [0.717, 1.165) is 5.56 Å². The van der Waals surface area contributed by atoms with Gasteiger partial charge in [0.1, 0.15) is 11.3 Å². The molecule has 5 nitrogen and oxygen atoms in total. The lowest BCUT2D eigenvalue weighted by atomic mass is 10.0. The van der Waals surface area contributed by atoms with Crippen LogP contribution in [0.1, 0.15) is 28.4 Å². The molecule has 5 heteroatoms. The third-order valence-electron chi connectivity index (χ3n) is 3.30. The summed E-state index contributed by atoms with van der Waals surface area (Å²) in [6, 6.07) is 8.41. The second-order valence-corrected chi connectivity index (χ2v) is 5.13. The number of carbonyl (C=O) groups excluding carboxylic acids is 2. The number of pyridine rings is 1. The maximum atomic E-state index is 12.7. The molecule has 0 atom stereocenters. The van der Waals surface area contributed by atoms with Crippen LogP contribution in [0.4, 0.5) is 0 Å². The van der Waals surface area contributed by atoms with Crippen molar-refractivity contribution in [3.8, 4) is 5.75 Å². The summed E-state index contributed by atoms with van der Waals surface area (Å²) in [5, 5.41) is 0. The molecule has 2 rings (SSSR count). The van der Waals surface area contributed by atoms with Gasteiger partial charge in [0.05, 0.1) is 13.7 Å². The van der Waals surface area contributed by atoms with Crippen molar-refractivity contribution in [2.24, 2.45) is 0 Å². The molecule has 0 radical (unpaired) electrons. The van der Waals surface area contributed by atoms with Gasteiger partial charge < -0.3 is 9.47 Å². The van der Waals surface area contributed by atoms with Crippen molar-refractivity contribution in [1.29, 1.82) is 0 Å². The van der Waals surface area contributed by atoms with E-state index in [-0.39, 0.29) is 12.2 Å². The fraction of sp³-hybridized carbons (Fsp3) is 0.211. The summed E-state index contributed by atoms with van der Waals surface area (Å²) >= 11 is 0. The summed E-state index contributed by atoms with van der Waals surface area (Å²) < 4.78 is 10.1. The van der Waals surface area contributed by atoms with Gasteiger partial charge in [0.25, 0.3) is 0 Å². The molecule has 1 aromatic carbocycles. The zero-order chi connectivity index (χ0) is 17.5. The zero-order valence-corrected chi connectivity index (χ0v) is 13.9. The van der Waals surface area contributed by atoms with Gasteiger partial charge in [-0.1, -0.05) is 0 Å². The Balaban J connectivity index is 2.41. The molecule has 0 spiro atoms. The topological polar surface area (TPSA) is 65.5 Å². The van der Waals surface area contributed by atoms with Crippen LogP contribution < -0.4 is 4.74 Å². The SMILES string of the molecule is CCOC(=O)/C(=C\c1cncc(C)c1)C(=O)c1ccc(OC)cc1. The van der Waals surface area contributed by atoms with E-state index in [9.17, 15) is 9.59 Å². The minimum atomic E-state index is -0.653. The normalized spacial score (nSPS) is 11.0. The molecular weight excluding hydrogens is 306 g/mol. The van der Waals surface area contributed by atoms with Crippen molar-refractivity contribution in [3.05, 3.63) is 65.0 Å². The second kappa shape index (κ2) is 8.06. The van der Waals surface area contributed by atoms with Crippen LogP contribution in [-0.4, -0.2) is 30.5 Å². The van der Waals surface area contributed by atoms with Crippen molar-refractivity contribution in [2.45, 2.75) is 13.8 Å². The molecule has 0 saturated carbocycles. The number of aromatic nitrogens is 1. The number of ketones is 1. The van der Waals surface area contributed by atoms with Crippen molar-refractivity contribution in [2.75, 3.05) is 13.7 Å². The van der Waals surface area contributed by atoms with Crippen LogP contribution in [0.3, 0.4) is 0 Å². The molecule has 0 aliphatic rings. The molecule has 0 unspecified atom stereocenters. The van der Waals surface area contributed by atoms with E-state index in [2.05, 4.69) is 4.98 Å². The predicted octanol–water partition coefficient (Wildman–Crippen LogP) is 3.23. The van der Waals surface area contributed by atoms with E-state index in [4.69, 9.17) is 9.47 Å². The van der Waals surface area contributed by atoms with Gasteiger partial charge >= 0.3 is 5.97 Å². The molecule has 124 valence electrons. The van der Waals surface area contributed by atoms with E-state index < -0.39 is 11.8 Å². The number of rotatable bonds is 6. The first-order valence-electron chi connectivity index (χ1n) is 7.54. The number of esters is 1. The average Bonchev–Trinajstić information content (AvgIpc) is 2.59. The van der Waals surface area contributed by atoms with Crippen molar-refractivity contribution < 1.29 is 19.1 Å². The fourth-order valence-corrected chi connectivity index (χ4v) is 2.15. The van der Waals surface area contributed by atoms with Gasteiger partial charge in [0, 0.05) is 18.0 Å². The summed E-state index contributed by atoms with van der Waals surface area (Å²) in [5.74, 6) is -0.423. The van der Waals surface area contributed by atoms with Crippen LogP contribution in [0.15, 0.2) is 48.3 Å². The predicted molar refractivity (Wildman–Crippen MR) is 90.9 cm³/mol. The van der Waals surface area contributed by atoms with Gasteiger partial charge in [0.15, 0.2) is 5.78 Å². The number of carbonyl (C=O) groups is 2. The lowest BCUT2D eigenvalue weighted by Crippen LogP contribution is -2.16. The molecule has 0 bridgehead atoms. The standard InChI is InChI=1S/C19H19NO4/c1-4-24-19(22)17(10-14-9-13(2)11-20-12-14)18(21)15-5-7-16(23-3)8-6-15/h5-12H,4H2,1-3H3/b17-10-. The molecular formula is C19H19NO4. The summed E-state index contributed by atoms with van der Waals surface area (Å²) in [5.41, 5.74) is 1.95.